The predicted octanol–water partition coefficient (Wildman–Crippen LogP) is 3.34. The summed E-state index contributed by atoms with van der Waals surface area (Å²) in [5.74, 6) is 1.14. The van der Waals surface area contributed by atoms with E-state index in [2.05, 4.69) is 17.1 Å². The van der Waals surface area contributed by atoms with Crippen LogP contribution in [0.1, 0.15) is 23.7 Å². The summed E-state index contributed by atoms with van der Waals surface area (Å²) >= 11 is 13.2. The Kier molecular flexibility index (Phi) is 3.29. The third kappa shape index (κ3) is 2.17. The van der Waals surface area contributed by atoms with Crippen LogP contribution < -0.4 is 0 Å². The summed E-state index contributed by atoms with van der Waals surface area (Å²) in [4.78, 5) is 1.17. The second kappa shape index (κ2) is 4.51. The molecule has 6 heteroatoms. The minimum absolute atomic E-state index is 0.172. The molecule has 80 valence electrons. The molecule has 0 spiro atoms. The molecule has 0 aromatic carbocycles. The van der Waals surface area contributed by atoms with Gasteiger partial charge in [0.25, 0.3) is 0 Å². The Hall–Kier alpha value is -0.580. The molecule has 0 aliphatic heterocycles. The number of thiophene rings is 1. The number of aromatic nitrogens is 3. The quantitative estimate of drug-likeness (QED) is 0.794. The molecule has 1 unspecified atom stereocenters. The average Bonchev–Trinajstić information content (AvgIpc) is 2.84. The van der Waals surface area contributed by atoms with Gasteiger partial charge in [0, 0.05) is 4.88 Å². The molecule has 0 bridgehead atoms. The van der Waals surface area contributed by atoms with Crippen LogP contribution in [-0.2, 0) is 5.88 Å². The molecule has 2 aromatic rings. The minimum Gasteiger partial charge on any atom is -0.308 e. The van der Waals surface area contributed by atoms with Gasteiger partial charge in [0.15, 0.2) is 0 Å². The number of hydrogen-bond acceptors (Lipinski definition) is 3. The van der Waals surface area contributed by atoms with Crippen molar-refractivity contribution in [3.8, 4) is 0 Å². The number of halogens is 2. The van der Waals surface area contributed by atoms with E-state index in [0.717, 1.165) is 10.2 Å². The van der Waals surface area contributed by atoms with Crippen molar-refractivity contribution in [2.24, 2.45) is 0 Å². The van der Waals surface area contributed by atoms with E-state index in [1.54, 1.807) is 17.7 Å². The monoisotopic (exact) mass is 261 g/mol. The highest BCUT2D eigenvalue weighted by molar-refractivity contribution is 7.16. The highest BCUT2D eigenvalue weighted by Crippen LogP contribution is 2.29. The molecular weight excluding hydrogens is 253 g/mol. The zero-order valence-corrected chi connectivity index (χ0v) is 10.4. The summed E-state index contributed by atoms with van der Waals surface area (Å²) < 4.78 is 2.74. The van der Waals surface area contributed by atoms with Crippen molar-refractivity contribution in [1.29, 1.82) is 0 Å². The van der Waals surface area contributed by atoms with E-state index in [-0.39, 0.29) is 6.04 Å². The zero-order chi connectivity index (χ0) is 10.8. The molecule has 0 aliphatic rings. The third-order valence-electron chi connectivity index (χ3n) is 2.19. The van der Waals surface area contributed by atoms with Crippen LogP contribution in [0.4, 0.5) is 0 Å². The molecule has 0 saturated carbocycles. The van der Waals surface area contributed by atoms with E-state index in [9.17, 15) is 0 Å². The van der Waals surface area contributed by atoms with Gasteiger partial charge in [0.05, 0.1) is 16.3 Å². The van der Waals surface area contributed by atoms with Crippen LogP contribution in [0, 0.1) is 0 Å². The highest BCUT2D eigenvalue weighted by Gasteiger charge is 2.13. The summed E-state index contributed by atoms with van der Waals surface area (Å²) in [7, 11) is 0. The van der Waals surface area contributed by atoms with Crippen molar-refractivity contribution < 1.29 is 0 Å². The van der Waals surface area contributed by atoms with E-state index < -0.39 is 0 Å². The first-order chi connectivity index (χ1) is 7.22. The molecule has 0 aliphatic carbocycles. The Morgan fingerprint density at radius 2 is 2.33 bits per heavy atom. The van der Waals surface area contributed by atoms with Gasteiger partial charge in [0.2, 0.25) is 0 Å². The molecule has 3 nitrogen and oxygen atoms in total. The lowest BCUT2D eigenvalue weighted by Crippen LogP contribution is -2.07. The second-order valence-electron chi connectivity index (χ2n) is 3.11. The molecule has 2 heterocycles. The molecule has 0 amide bonds. The van der Waals surface area contributed by atoms with Crippen molar-refractivity contribution in [2.45, 2.75) is 18.8 Å². The Morgan fingerprint density at radius 3 is 2.93 bits per heavy atom. The molecule has 15 heavy (non-hydrogen) atoms. The van der Waals surface area contributed by atoms with Crippen LogP contribution in [0.25, 0.3) is 0 Å². The SMILES string of the molecule is CC(c1ccc(Cl)s1)n1cnnc1CCl. The van der Waals surface area contributed by atoms with Crippen molar-refractivity contribution in [3.05, 3.63) is 33.5 Å². The van der Waals surface area contributed by atoms with E-state index in [1.807, 2.05) is 16.7 Å². The Labute approximate surface area is 102 Å². The lowest BCUT2D eigenvalue weighted by molar-refractivity contribution is 0.624. The van der Waals surface area contributed by atoms with Gasteiger partial charge in [-0.2, -0.15) is 0 Å². The topological polar surface area (TPSA) is 30.7 Å². The standard InChI is InChI=1S/C9H9Cl2N3S/c1-6(7-2-3-8(11)15-7)14-5-12-13-9(14)4-10/h2-3,5-6H,4H2,1H3. The second-order valence-corrected chi connectivity index (χ2v) is 5.12. The van der Waals surface area contributed by atoms with Crippen molar-refractivity contribution in [3.63, 3.8) is 0 Å². The molecule has 1 atom stereocenters. The van der Waals surface area contributed by atoms with E-state index in [4.69, 9.17) is 23.2 Å². The van der Waals surface area contributed by atoms with Gasteiger partial charge in [0.1, 0.15) is 12.2 Å². The smallest absolute Gasteiger partial charge is 0.148 e. The number of rotatable bonds is 3. The molecule has 0 radical (unpaired) electrons. The summed E-state index contributed by atoms with van der Waals surface area (Å²) in [5.41, 5.74) is 0. The van der Waals surface area contributed by atoms with Crippen LogP contribution in [0.5, 0.6) is 0 Å². The van der Waals surface area contributed by atoms with Gasteiger partial charge >= 0.3 is 0 Å². The maximum absolute atomic E-state index is 5.89. The molecule has 2 rings (SSSR count). The summed E-state index contributed by atoms with van der Waals surface area (Å²) in [5, 5.41) is 7.79. The average molecular weight is 262 g/mol. The van der Waals surface area contributed by atoms with Crippen LogP contribution in [0.3, 0.4) is 0 Å². The first kappa shape index (κ1) is 10.9. The number of hydrogen-bond donors (Lipinski definition) is 0. The first-order valence-corrected chi connectivity index (χ1v) is 6.15. The fourth-order valence-corrected chi connectivity index (χ4v) is 2.68. The summed E-state index contributed by atoms with van der Waals surface area (Å²) in [6.45, 7) is 2.07. The van der Waals surface area contributed by atoms with Gasteiger partial charge in [-0.05, 0) is 19.1 Å². The zero-order valence-electron chi connectivity index (χ0n) is 8.02. The van der Waals surface area contributed by atoms with Crippen LogP contribution in [0.15, 0.2) is 18.5 Å². The summed E-state index contributed by atoms with van der Waals surface area (Å²) in [6, 6.07) is 4.07. The Balaban J connectivity index is 2.31. The maximum atomic E-state index is 5.89. The minimum atomic E-state index is 0.172. The number of alkyl halides is 1. The van der Waals surface area contributed by atoms with Gasteiger partial charge in [-0.1, -0.05) is 11.6 Å². The van der Waals surface area contributed by atoms with E-state index >= 15 is 0 Å². The molecule has 0 fully saturated rings. The van der Waals surface area contributed by atoms with Crippen LogP contribution in [0.2, 0.25) is 4.34 Å². The van der Waals surface area contributed by atoms with Gasteiger partial charge in [-0.25, -0.2) is 0 Å². The lowest BCUT2D eigenvalue weighted by atomic mass is 10.3. The first-order valence-electron chi connectivity index (χ1n) is 4.42. The Bertz CT molecular complexity index is 452. The highest BCUT2D eigenvalue weighted by atomic mass is 35.5. The lowest BCUT2D eigenvalue weighted by Gasteiger charge is -2.12. The number of nitrogens with zero attached hydrogens (tertiary/aromatic N) is 3. The predicted molar refractivity (Wildman–Crippen MR) is 62.7 cm³/mol. The molecule has 0 saturated heterocycles. The van der Waals surface area contributed by atoms with Crippen molar-refractivity contribution in [2.75, 3.05) is 0 Å². The largest absolute Gasteiger partial charge is 0.308 e. The normalized spacial score (nSPS) is 13.0. The van der Waals surface area contributed by atoms with Gasteiger partial charge in [-0.15, -0.1) is 33.1 Å². The van der Waals surface area contributed by atoms with Gasteiger partial charge < -0.3 is 4.57 Å². The van der Waals surface area contributed by atoms with Crippen LogP contribution in [-0.4, -0.2) is 14.8 Å². The maximum Gasteiger partial charge on any atom is 0.148 e. The van der Waals surface area contributed by atoms with E-state index in [1.165, 1.54) is 4.88 Å². The fourth-order valence-electron chi connectivity index (χ4n) is 1.38. The molecule has 2 aromatic heterocycles. The van der Waals surface area contributed by atoms with E-state index in [0.29, 0.717) is 5.88 Å². The fraction of sp³-hybridized carbons (Fsp3) is 0.333. The molecule has 0 N–H and O–H groups in total. The summed E-state index contributed by atoms with van der Waals surface area (Å²) in [6.07, 6.45) is 1.69. The van der Waals surface area contributed by atoms with Crippen molar-refractivity contribution in [1.82, 2.24) is 14.8 Å². The molecular formula is C9H9Cl2N3S. The third-order valence-corrected chi connectivity index (χ3v) is 3.83. The van der Waals surface area contributed by atoms with Crippen molar-refractivity contribution >= 4 is 34.5 Å². The van der Waals surface area contributed by atoms with Crippen LogP contribution >= 0.6 is 34.5 Å². The Morgan fingerprint density at radius 1 is 1.53 bits per heavy atom. The van der Waals surface area contributed by atoms with Gasteiger partial charge in [-0.3, -0.25) is 0 Å².